The molecule has 0 spiro atoms. The first-order valence-corrected chi connectivity index (χ1v) is 9.76. The normalized spacial score (nSPS) is 14.8. The summed E-state index contributed by atoms with van der Waals surface area (Å²) in [5.41, 5.74) is 0. The number of likely N-dealkylation sites (N-methyl/N-ethyl adjacent to an activating group) is 1. The summed E-state index contributed by atoms with van der Waals surface area (Å²) in [6.07, 6.45) is 5.65. The number of ether oxygens (including phenoxy) is 1. The second kappa shape index (κ2) is 10.2. The van der Waals surface area contributed by atoms with Gasteiger partial charge >= 0.3 is 5.97 Å². The Kier molecular flexibility index (Phi) is 7.91. The lowest BCUT2D eigenvalue weighted by molar-refractivity contribution is -0.153. The Bertz CT molecular complexity index is 568. The molecule has 1 aliphatic carbocycles. The lowest BCUT2D eigenvalue weighted by Crippen LogP contribution is -2.43. The Balaban J connectivity index is 1.66. The highest BCUT2D eigenvalue weighted by Crippen LogP contribution is 2.22. The van der Waals surface area contributed by atoms with Gasteiger partial charge < -0.3 is 15.0 Å². The molecule has 6 nitrogen and oxygen atoms in total. The molecule has 1 aromatic heterocycles. The molecule has 0 saturated heterocycles. The van der Waals surface area contributed by atoms with Crippen molar-refractivity contribution in [3.05, 3.63) is 22.4 Å². The van der Waals surface area contributed by atoms with Crippen LogP contribution in [0.25, 0.3) is 0 Å². The number of thiophene rings is 1. The highest BCUT2D eigenvalue weighted by molar-refractivity contribution is 7.12. The highest BCUT2D eigenvalue weighted by Gasteiger charge is 2.24. The van der Waals surface area contributed by atoms with Crippen molar-refractivity contribution in [3.8, 4) is 0 Å². The minimum absolute atomic E-state index is 0.0555. The fourth-order valence-electron chi connectivity index (χ4n) is 3.10. The first-order valence-electron chi connectivity index (χ1n) is 8.88. The van der Waals surface area contributed by atoms with Gasteiger partial charge in [0, 0.05) is 19.1 Å². The van der Waals surface area contributed by atoms with Crippen molar-refractivity contribution >= 4 is 29.1 Å². The van der Waals surface area contributed by atoms with Crippen molar-refractivity contribution in [2.75, 3.05) is 19.7 Å². The van der Waals surface area contributed by atoms with E-state index in [1.807, 2.05) is 17.2 Å². The topological polar surface area (TPSA) is 75.7 Å². The minimum atomic E-state index is -0.473. The number of carbonyl (C=O) groups excluding carboxylic acids is 3. The summed E-state index contributed by atoms with van der Waals surface area (Å²) in [4.78, 5) is 38.2. The van der Waals surface area contributed by atoms with Gasteiger partial charge in [-0.25, -0.2) is 0 Å². The maximum Gasteiger partial charge on any atom is 0.308 e. The molecule has 138 valence electrons. The monoisotopic (exact) mass is 366 g/mol. The standard InChI is InChI=1S/C18H26N2O4S/c1-2-20(14-7-4-3-5-8-14)16(21)13-24-17(22)10-11-19-18(23)15-9-6-12-25-15/h6,9,12,14H,2-5,7-8,10-11,13H2,1H3,(H,19,23). The Morgan fingerprint density at radius 3 is 2.68 bits per heavy atom. The zero-order valence-electron chi connectivity index (χ0n) is 14.7. The van der Waals surface area contributed by atoms with Gasteiger partial charge in [0.15, 0.2) is 6.61 Å². The molecule has 1 heterocycles. The van der Waals surface area contributed by atoms with Crippen LogP contribution >= 0.6 is 11.3 Å². The molecule has 0 bridgehead atoms. The number of nitrogens with one attached hydrogen (secondary N) is 1. The van der Waals surface area contributed by atoms with Crippen LogP contribution < -0.4 is 5.32 Å². The first kappa shape index (κ1) is 19.4. The lowest BCUT2D eigenvalue weighted by atomic mass is 9.94. The number of rotatable bonds is 8. The highest BCUT2D eigenvalue weighted by atomic mass is 32.1. The van der Waals surface area contributed by atoms with E-state index in [0.29, 0.717) is 11.4 Å². The SMILES string of the molecule is CCN(C(=O)COC(=O)CCNC(=O)c1cccs1)C1CCCCC1. The molecule has 1 aliphatic rings. The average molecular weight is 366 g/mol. The van der Waals surface area contributed by atoms with Crippen molar-refractivity contribution in [1.82, 2.24) is 10.2 Å². The Labute approximate surface area is 152 Å². The number of amides is 2. The summed E-state index contributed by atoms with van der Waals surface area (Å²) in [5.74, 6) is -0.807. The van der Waals surface area contributed by atoms with Crippen LogP contribution in [0.5, 0.6) is 0 Å². The van der Waals surface area contributed by atoms with Gasteiger partial charge in [0.2, 0.25) is 0 Å². The van der Waals surface area contributed by atoms with E-state index in [2.05, 4.69) is 5.32 Å². The summed E-state index contributed by atoms with van der Waals surface area (Å²) >= 11 is 1.34. The molecule has 0 aromatic carbocycles. The van der Waals surface area contributed by atoms with E-state index in [1.165, 1.54) is 17.8 Å². The Hall–Kier alpha value is -1.89. The van der Waals surface area contributed by atoms with Crippen LogP contribution in [0.15, 0.2) is 17.5 Å². The molecule has 1 fully saturated rings. The number of hydrogen-bond donors (Lipinski definition) is 1. The van der Waals surface area contributed by atoms with Crippen LogP contribution in [0.1, 0.15) is 55.1 Å². The quantitative estimate of drug-likeness (QED) is 0.718. The molecule has 1 aromatic rings. The number of carbonyl (C=O) groups is 3. The summed E-state index contributed by atoms with van der Waals surface area (Å²) in [6.45, 7) is 2.57. The molecule has 1 saturated carbocycles. The first-order chi connectivity index (χ1) is 12.1. The fourth-order valence-corrected chi connectivity index (χ4v) is 3.74. The van der Waals surface area contributed by atoms with Crippen molar-refractivity contribution in [1.29, 1.82) is 0 Å². The zero-order chi connectivity index (χ0) is 18.1. The van der Waals surface area contributed by atoms with E-state index in [9.17, 15) is 14.4 Å². The molecular weight excluding hydrogens is 340 g/mol. The largest absolute Gasteiger partial charge is 0.456 e. The van der Waals surface area contributed by atoms with Gasteiger partial charge in [0.25, 0.3) is 11.8 Å². The summed E-state index contributed by atoms with van der Waals surface area (Å²) in [6, 6.07) is 3.79. The lowest BCUT2D eigenvalue weighted by Gasteiger charge is -2.33. The molecule has 0 unspecified atom stereocenters. The molecule has 7 heteroatoms. The van der Waals surface area contributed by atoms with Gasteiger partial charge in [-0.3, -0.25) is 14.4 Å². The van der Waals surface area contributed by atoms with E-state index in [1.54, 1.807) is 12.1 Å². The van der Waals surface area contributed by atoms with Crippen LogP contribution in [0.3, 0.4) is 0 Å². The molecule has 0 atom stereocenters. The van der Waals surface area contributed by atoms with Crippen LogP contribution in [-0.4, -0.2) is 48.4 Å². The van der Waals surface area contributed by atoms with Crippen molar-refractivity contribution in [2.24, 2.45) is 0 Å². The van der Waals surface area contributed by atoms with Crippen LogP contribution in [-0.2, 0) is 14.3 Å². The molecule has 1 N–H and O–H groups in total. The van der Waals surface area contributed by atoms with E-state index < -0.39 is 5.97 Å². The third-order valence-corrected chi connectivity index (χ3v) is 5.26. The third kappa shape index (κ3) is 6.16. The van der Waals surface area contributed by atoms with Crippen molar-refractivity contribution in [2.45, 2.75) is 51.5 Å². The van der Waals surface area contributed by atoms with Gasteiger partial charge in [-0.15, -0.1) is 11.3 Å². The maximum absolute atomic E-state index is 12.3. The van der Waals surface area contributed by atoms with E-state index in [-0.39, 0.29) is 37.4 Å². The molecule has 0 aliphatic heterocycles. The van der Waals surface area contributed by atoms with E-state index in [4.69, 9.17) is 4.74 Å². The number of hydrogen-bond acceptors (Lipinski definition) is 5. The van der Waals surface area contributed by atoms with Crippen molar-refractivity contribution < 1.29 is 19.1 Å². The molecule has 2 amide bonds. The van der Waals surface area contributed by atoms with Gasteiger partial charge in [0.05, 0.1) is 11.3 Å². The second-order valence-electron chi connectivity index (χ2n) is 6.12. The predicted octanol–water partition coefficient (Wildman–Crippen LogP) is 2.59. The number of nitrogens with zero attached hydrogens (tertiary/aromatic N) is 1. The smallest absolute Gasteiger partial charge is 0.308 e. The van der Waals surface area contributed by atoms with Gasteiger partial charge in [0.1, 0.15) is 0 Å². The Morgan fingerprint density at radius 1 is 1.28 bits per heavy atom. The van der Waals surface area contributed by atoms with Crippen LogP contribution in [0, 0.1) is 0 Å². The van der Waals surface area contributed by atoms with E-state index >= 15 is 0 Å². The third-order valence-electron chi connectivity index (χ3n) is 4.39. The Morgan fingerprint density at radius 2 is 2.04 bits per heavy atom. The van der Waals surface area contributed by atoms with Gasteiger partial charge in [-0.2, -0.15) is 0 Å². The molecule has 25 heavy (non-hydrogen) atoms. The predicted molar refractivity (Wildman–Crippen MR) is 96.5 cm³/mol. The van der Waals surface area contributed by atoms with Crippen LogP contribution in [0.4, 0.5) is 0 Å². The number of esters is 1. The minimum Gasteiger partial charge on any atom is -0.456 e. The summed E-state index contributed by atoms with van der Waals surface area (Å²) < 4.78 is 5.07. The summed E-state index contributed by atoms with van der Waals surface area (Å²) in [7, 11) is 0. The van der Waals surface area contributed by atoms with Crippen molar-refractivity contribution in [3.63, 3.8) is 0 Å². The fraction of sp³-hybridized carbons (Fsp3) is 0.611. The zero-order valence-corrected chi connectivity index (χ0v) is 15.5. The van der Waals surface area contributed by atoms with Gasteiger partial charge in [-0.05, 0) is 31.2 Å². The van der Waals surface area contributed by atoms with E-state index in [0.717, 1.165) is 25.7 Å². The molecule has 0 radical (unpaired) electrons. The van der Waals surface area contributed by atoms with Crippen LogP contribution in [0.2, 0.25) is 0 Å². The average Bonchev–Trinajstić information content (AvgIpc) is 3.16. The second-order valence-corrected chi connectivity index (χ2v) is 7.06. The van der Waals surface area contributed by atoms with Gasteiger partial charge in [-0.1, -0.05) is 25.3 Å². The maximum atomic E-state index is 12.3. The molecule has 2 rings (SSSR count). The molecular formula is C18H26N2O4S. The summed E-state index contributed by atoms with van der Waals surface area (Å²) in [5, 5.41) is 4.48.